The number of rotatable bonds is 1. The molecule has 1 fully saturated rings. The molecule has 0 unspecified atom stereocenters. The topological polar surface area (TPSA) is 23.5 Å². The van der Waals surface area contributed by atoms with Gasteiger partial charge in [0.1, 0.15) is 0 Å². The molecular formula is C6H12BNO. The van der Waals surface area contributed by atoms with E-state index in [1.54, 1.807) is 4.81 Å². The Labute approximate surface area is 57.3 Å². The van der Waals surface area contributed by atoms with Crippen molar-refractivity contribution in [3.63, 3.8) is 0 Å². The maximum atomic E-state index is 8.73. The van der Waals surface area contributed by atoms with Gasteiger partial charge in [0, 0.05) is 6.61 Å². The van der Waals surface area contributed by atoms with E-state index in [0.717, 1.165) is 25.9 Å². The van der Waals surface area contributed by atoms with Crippen molar-refractivity contribution in [3.05, 3.63) is 0 Å². The van der Waals surface area contributed by atoms with Gasteiger partial charge in [-0.05, 0) is 31.8 Å². The van der Waals surface area contributed by atoms with Gasteiger partial charge in [-0.15, -0.1) is 0 Å². The van der Waals surface area contributed by atoms with Crippen LogP contribution in [0.25, 0.3) is 0 Å². The van der Waals surface area contributed by atoms with E-state index in [0.29, 0.717) is 5.92 Å². The normalized spacial score (nSPS) is 30.6. The summed E-state index contributed by atoms with van der Waals surface area (Å²) in [7, 11) is 5.52. The van der Waals surface area contributed by atoms with Crippen molar-refractivity contribution in [2.45, 2.75) is 12.8 Å². The van der Waals surface area contributed by atoms with Crippen LogP contribution in [-0.2, 0) is 0 Å². The predicted octanol–water partition coefficient (Wildman–Crippen LogP) is -0.226. The van der Waals surface area contributed by atoms with Crippen molar-refractivity contribution in [1.82, 2.24) is 4.81 Å². The van der Waals surface area contributed by atoms with Crippen molar-refractivity contribution >= 4 is 7.98 Å². The number of hydrogen-bond donors (Lipinski definition) is 1. The van der Waals surface area contributed by atoms with Crippen molar-refractivity contribution in [1.29, 1.82) is 0 Å². The molecule has 0 aliphatic carbocycles. The van der Waals surface area contributed by atoms with Gasteiger partial charge in [-0.1, -0.05) is 0 Å². The summed E-state index contributed by atoms with van der Waals surface area (Å²) in [4.78, 5) is 1.78. The average Bonchev–Trinajstić information content (AvgIpc) is 1.88. The molecule has 1 rings (SSSR count). The van der Waals surface area contributed by atoms with E-state index in [9.17, 15) is 0 Å². The molecule has 0 aromatic heterocycles. The summed E-state index contributed by atoms with van der Waals surface area (Å²) in [5.74, 6) is 0.420. The van der Waals surface area contributed by atoms with Crippen molar-refractivity contribution in [3.8, 4) is 0 Å². The van der Waals surface area contributed by atoms with Crippen LogP contribution in [0.5, 0.6) is 0 Å². The molecule has 0 spiro atoms. The first kappa shape index (κ1) is 7.10. The molecule has 0 amide bonds. The lowest BCUT2D eigenvalue weighted by Gasteiger charge is -2.28. The summed E-state index contributed by atoms with van der Waals surface area (Å²) < 4.78 is 0. The number of nitrogens with zero attached hydrogens (tertiary/aromatic N) is 1. The lowest BCUT2D eigenvalue weighted by atomic mass is 9.97. The Morgan fingerprint density at radius 3 is 2.89 bits per heavy atom. The first-order valence-corrected chi connectivity index (χ1v) is 3.43. The quantitative estimate of drug-likeness (QED) is 0.489. The fourth-order valence-electron chi connectivity index (χ4n) is 1.25. The molecule has 50 valence electrons. The minimum Gasteiger partial charge on any atom is -0.396 e. The van der Waals surface area contributed by atoms with E-state index in [1.165, 1.54) is 0 Å². The molecule has 1 aliphatic rings. The summed E-state index contributed by atoms with van der Waals surface area (Å²) in [6.45, 7) is 2.13. The van der Waals surface area contributed by atoms with Crippen molar-refractivity contribution in [2.24, 2.45) is 5.92 Å². The Bertz CT molecular complexity index is 89.1. The van der Waals surface area contributed by atoms with Gasteiger partial charge in [0.2, 0.25) is 0 Å². The summed E-state index contributed by atoms with van der Waals surface area (Å²) in [6, 6.07) is 0. The highest BCUT2D eigenvalue weighted by Gasteiger charge is 2.14. The summed E-state index contributed by atoms with van der Waals surface area (Å²) in [6.07, 6.45) is 2.26. The molecule has 3 heteroatoms. The van der Waals surface area contributed by atoms with Gasteiger partial charge in [-0.2, -0.15) is 0 Å². The van der Waals surface area contributed by atoms with Gasteiger partial charge >= 0.3 is 0 Å². The standard InChI is InChI=1S/C6H12BNO/c7-8-3-1-2-6(4-8)5-9/h6,9H,1-5H2/t6-/m1/s1. The van der Waals surface area contributed by atoms with Gasteiger partial charge in [0.25, 0.3) is 0 Å². The zero-order chi connectivity index (χ0) is 6.69. The van der Waals surface area contributed by atoms with Crippen LogP contribution < -0.4 is 0 Å². The van der Waals surface area contributed by atoms with Crippen LogP contribution >= 0.6 is 0 Å². The number of aliphatic hydroxyl groups is 1. The average molecular weight is 125 g/mol. The van der Waals surface area contributed by atoms with Crippen LogP contribution in [0, 0.1) is 5.92 Å². The van der Waals surface area contributed by atoms with Crippen molar-refractivity contribution < 1.29 is 5.11 Å². The van der Waals surface area contributed by atoms with Gasteiger partial charge in [-0.3, -0.25) is 0 Å². The second-order valence-electron chi connectivity index (χ2n) is 2.69. The molecule has 9 heavy (non-hydrogen) atoms. The highest BCUT2D eigenvalue weighted by atomic mass is 16.3. The monoisotopic (exact) mass is 125 g/mol. The van der Waals surface area contributed by atoms with E-state index in [2.05, 4.69) is 0 Å². The number of hydrogen-bond acceptors (Lipinski definition) is 2. The molecule has 2 nitrogen and oxygen atoms in total. The third kappa shape index (κ3) is 1.99. The van der Waals surface area contributed by atoms with Crippen LogP contribution in [0.4, 0.5) is 0 Å². The first-order chi connectivity index (χ1) is 4.33. The molecule has 1 saturated heterocycles. The maximum absolute atomic E-state index is 8.73. The van der Waals surface area contributed by atoms with E-state index < -0.39 is 0 Å². The van der Waals surface area contributed by atoms with Gasteiger partial charge in [-0.25, -0.2) is 0 Å². The van der Waals surface area contributed by atoms with Crippen LogP contribution in [0.15, 0.2) is 0 Å². The Balaban J connectivity index is 2.23. The van der Waals surface area contributed by atoms with E-state index >= 15 is 0 Å². The van der Waals surface area contributed by atoms with Crippen LogP contribution in [0.1, 0.15) is 12.8 Å². The van der Waals surface area contributed by atoms with Crippen LogP contribution in [-0.4, -0.2) is 37.6 Å². The summed E-state index contributed by atoms with van der Waals surface area (Å²) >= 11 is 0. The molecule has 0 saturated carbocycles. The minimum atomic E-state index is 0.285. The molecule has 2 radical (unpaired) electrons. The van der Waals surface area contributed by atoms with E-state index in [1.807, 2.05) is 0 Å². The van der Waals surface area contributed by atoms with Gasteiger partial charge in [0.15, 0.2) is 7.98 Å². The third-order valence-electron chi connectivity index (χ3n) is 1.81. The summed E-state index contributed by atoms with van der Waals surface area (Å²) in [5, 5.41) is 8.73. The number of aliphatic hydroxyl groups excluding tert-OH is 1. The maximum Gasteiger partial charge on any atom is 0.182 e. The smallest absolute Gasteiger partial charge is 0.182 e. The molecule has 1 N–H and O–H groups in total. The fraction of sp³-hybridized carbons (Fsp3) is 1.00. The Morgan fingerprint density at radius 2 is 2.44 bits per heavy atom. The first-order valence-electron chi connectivity index (χ1n) is 3.43. The highest BCUT2D eigenvalue weighted by Crippen LogP contribution is 2.12. The molecule has 0 aromatic carbocycles. The largest absolute Gasteiger partial charge is 0.396 e. The molecule has 1 heterocycles. The molecule has 1 aliphatic heterocycles. The van der Waals surface area contributed by atoms with E-state index in [4.69, 9.17) is 13.1 Å². The molecular weight excluding hydrogens is 113 g/mol. The van der Waals surface area contributed by atoms with Crippen LogP contribution in [0.2, 0.25) is 0 Å². The molecule has 1 atom stereocenters. The van der Waals surface area contributed by atoms with Crippen molar-refractivity contribution in [2.75, 3.05) is 19.7 Å². The Hall–Kier alpha value is -0.0151. The zero-order valence-corrected chi connectivity index (χ0v) is 5.58. The zero-order valence-electron chi connectivity index (χ0n) is 5.58. The lowest BCUT2D eigenvalue weighted by molar-refractivity contribution is 0.167. The lowest BCUT2D eigenvalue weighted by Crippen LogP contribution is -2.34. The van der Waals surface area contributed by atoms with Gasteiger partial charge in [0.05, 0.1) is 0 Å². The van der Waals surface area contributed by atoms with Gasteiger partial charge < -0.3 is 9.92 Å². The molecule has 0 bridgehead atoms. The van der Waals surface area contributed by atoms with E-state index in [-0.39, 0.29) is 6.61 Å². The second-order valence-corrected chi connectivity index (χ2v) is 2.69. The van der Waals surface area contributed by atoms with Crippen LogP contribution in [0.3, 0.4) is 0 Å². The Morgan fingerprint density at radius 1 is 1.67 bits per heavy atom. The minimum absolute atomic E-state index is 0.285. The third-order valence-corrected chi connectivity index (χ3v) is 1.81. The fourth-order valence-corrected chi connectivity index (χ4v) is 1.25. The SMILES string of the molecule is [B]N1CCC[C@@H](CO)C1. The predicted molar refractivity (Wildman–Crippen MR) is 37.1 cm³/mol. The Kier molecular flexibility index (Phi) is 2.55. The highest BCUT2D eigenvalue weighted by molar-refractivity contribution is 6.04. The number of piperidine rings is 1. The second kappa shape index (κ2) is 3.23. The summed E-state index contributed by atoms with van der Waals surface area (Å²) in [5.41, 5.74) is 0. The molecule has 0 aromatic rings.